The Hall–Kier alpha value is -1.60. The van der Waals surface area contributed by atoms with Gasteiger partial charge in [0.25, 0.3) is 5.91 Å². The van der Waals surface area contributed by atoms with Gasteiger partial charge in [-0.05, 0) is 34.1 Å². The zero-order valence-corrected chi connectivity index (χ0v) is 12.5. The highest BCUT2D eigenvalue weighted by molar-refractivity contribution is 9.10. The molecule has 1 aliphatic rings. The van der Waals surface area contributed by atoms with E-state index in [1.807, 2.05) is 0 Å². The number of aliphatic carboxylic acids is 1. The standard InChI is InChI=1S/C13H15BrN2O4/c1-20-8-5-11(13(18)19)16(6-8)12(17)7-2-3-9(14)10(15)4-7/h2-4,8,11H,5-6,15H2,1H3,(H,18,19). The van der Waals surface area contributed by atoms with Crippen LogP contribution in [0.3, 0.4) is 0 Å². The summed E-state index contributed by atoms with van der Waals surface area (Å²) < 4.78 is 5.86. The number of rotatable bonds is 3. The zero-order valence-electron chi connectivity index (χ0n) is 10.9. The summed E-state index contributed by atoms with van der Waals surface area (Å²) in [7, 11) is 1.51. The molecule has 1 saturated heterocycles. The van der Waals surface area contributed by atoms with Gasteiger partial charge in [0.05, 0.1) is 6.10 Å². The number of carbonyl (C=O) groups excluding carboxylic acids is 1. The molecule has 1 heterocycles. The molecular weight excluding hydrogens is 328 g/mol. The molecule has 20 heavy (non-hydrogen) atoms. The second-order valence-electron chi connectivity index (χ2n) is 4.64. The lowest BCUT2D eigenvalue weighted by Gasteiger charge is -2.21. The third-order valence-corrected chi connectivity index (χ3v) is 4.11. The van der Waals surface area contributed by atoms with Crippen molar-refractivity contribution < 1.29 is 19.4 Å². The van der Waals surface area contributed by atoms with Gasteiger partial charge in [0, 0.05) is 35.8 Å². The van der Waals surface area contributed by atoms with Crippen molar-refractivity contribution in [2.75, 3.05) is 19.4 Å². The molecule has 0 bridgehead atoms. The van der Waals surface area contributed by atoms with Gasteiger partial charge in [0.15, 0.2) is 0 Å². The van der Waals surface area contributed by atoms with Crippen molar-refractivity contribution in [1.82, 2.24) is 4.90 Å². The first-order chi connectivity index (χ1) is 9.43. The Labute approximate surface area is 124 Å². The van der Waals surface area contributed by atoms with E-state index in [9.17, 15) is 14.7 Å². The van der Waals surface area contributed by atoms with Crippen molar-refractivity contribution in [2.45, 2.75) is 18.6 Å². The van der Waals surface area contributed by atoms with E-state index in [0.29, 0.717) is 22.1 Å². The number of hydrogen-bond acceptors (Lipinski definition) is 4. The SMILES string of the molecule is COC1CC(C(=O)O)N(C(=O)c2ccc(Br)c(N)c2)C1. The van der Waals surface area contributed by atoms with Gasteiger partial charge in [-0.2, -0.15) is 0 Å². The number of methoxy groups -OCH3 is 1. The fraction of sp³-hybridized carbons (Fsp3) is 0.385. The highest BCUT2D eigenvalue weighted by atomic mass is 79.9. The van der Waals surface area contributed by atoms with Crippen molar-refractivity contribution in [3.05, 3.63) is 28.2 Å². The van der Waals surface area contributed by atoms with Crippen LogP contribution in [-0.2, 0) is 9.53 Å². The molecular formula is C13H15BrN2O4. The predicted octanol–water partition coefficient (Wildman–Crippen LogP) is 1.35. The number of carboxylic acid groups (broad SMARTS) is 1. The van der Waals surface area contributed by atoms with Gasteiger partial charge in [0.1, 0.15) is 6.04 Å². The minimum Gasteiger partial charge on any atom is -0.480 e. The topological polar surface area (TPSA) is 92.9 Å². The van der Waals surface area contributed by atoms with Crippen LogP contribution in [0.4, 0.5) is 5.69 Å². The summed E-state index contributed by atoms with van der Waals surface area (Å²) in [6, 6.07) is 3.95. The van der Waals surface area contributed by atoms with Gasteiger partial charge in [-0.25, -0.2) is 4.79 Å². The van der Waals surface area contributed by atoms with E-state index < -0.39 is 12.0 Å². The molecule has 1 amide bonds. The fourth-order valence-corrected chi connectivity index (χ4v) is 2.52. The van der Waals surface area contributed by atoms with Gasteiger partial charge >= 0.3 is 5.97 Å². The average Bonchev–Trinajstić information content (AvgIpc) is 2.85. The lowest BCUT2D eigenvalue weighted by molar-refractivity contribution is -0.141. The number of halogens is 1. The van der Waals surface area contributed by atoms with E-state index in [4.69, 9.17) is 10.5 Å². The third-order valence-electron chi connectivity index (χ3n) is 3.38. The van der Waals surface area contributed by atoms with E-state index in [2.05, 4.69) is 15.9 Å². The molecule has 0 aromatic heterocycles. The number of nitrogens with zero attached hydrogens (tertiary/aromatic N) is 1. The summed E-state index contributed by atoms with van der Waals surface area (Å²) in [5, 5.41) is 9.21. The van der Waals surface area contributed by atoms with Crippen LogP contribution in [0, 0.1) is 0 Å². The molecule has 1 fully saturated rings. The average molecular weight is 343 g/mol. The van der Waals surface area contributed by atoms with E-state index in [1.54, 1.807) is 12.1 Å². The van der Waals surface area contributed by atoms with Crippen molar-refractivity contribution in [3.8, 4) is 0 Å². The number of likely N-dealkylation sites (tertiary alicyclic amines) is 1. The van der Waals surface area contributed by atoms with Crippen LogP contribution in [0.5, 0.6) is 0 Å². The first-order valence-corrected chi connectivity index (χ1v) is 6.85. The Balaban J connectivity index is 2.26. The second-order valence-corrected chi connectivity index (χ2v) is 5.50. The fourth-order valence-electron chi connectivity index (χ4n) is 2.27. The number of benzene rings is 1. The maximum absolute atomic E-state index is 12.4. The Morgan fingerprint density at radius 3 is 2.75 bits per heavy atom. The minimum absolute atomic E-state index is 0.257. The quantitative estimate of drug-likeness (QED) is 0.808. The van der Waals surface area contributed by atoms with Crippen molar-refractivity contribution in [2.24, 2.45) is 0 Å². The third kappa shape index (κ3) is 2.78. The zero-order chi connectivity index (χ0) is 14.9. The Bertz CT molecular complexity index is 549. The van der Waals surface area contributed by atoms with Crippen LogP contribution >= 0.6 is 15.9 Å². The second kappa shape index (κ2) is 5.80. The molecule has 108 valence electrons. The highest BCUT2D eigenvalue weighted by Gasteiger charge is 2.40. The Morgan fingerprint density at radius 2 is 2.20 bits per heavy atom. The summed E-state index contributed by atoms with van der Waals surface area (Å²) in [6.07, 6.45) is 0.0386. The van der Waals surface area contributed by atoms with Crippen molar-refractivity contribution >= 4 is 33.5 Å². The molecule has 3 N–H and O–H groups in total. The van der Waals surface area contributed by atoms with Crippen LogP contribution in [0.2, 0.25) is 0 Å². The first kappa shape index (κ1) is 14.8. The summed E-state index contributed by atoms with van der Waals surface area (Å²) >= 11 is 3.25. The van der Waals surface area contributed by atoms with Crippen LogP contribution in [0.25, 0.3) is 0 Å². The van der Waals surface area contributed by atoms with E-state index in [1.165, 1.54) is 18.1 Å². The van der Waals surface area contributed by atoms with Crippen molar-refractivity contribution in [3.63, 3.8) is 0 Å². The number of amides is 1. The van der Waals surface area contributed by atoms with Crippen LogP contribution in [-0.4, -0.2) is 47.7 Å². The highest BCUT2D eigenvalue weighted by Crippen LogP contribution is 2.25. The molecule has 1 aromatic rings. The van der Waals surface area contributed by atoms with Crippen LogP contribution in [0.1, 0.15) is 16.8 Å². The van der Waals surface area contributed by atoms with Gasteiger partial charge in [-0.1, -0.05) is 0 Å². The summed E-state index contributed by atoms with van der Waals surface area (Å²) in [4.78, 5) is 25.0. The summed E-state index contributed by atoms with van der Waals surface area (Å²) in [5.41, 5.74) is 6.55. The number of carboxylic acids is 1. The number of nitrogen functional groups attached to an aromatic ring is 1. The van der Waals surface area contributed by atoms with Gasteiger partial charge in [0.2, 0.25) is 0 Å². The normalized spacial score (nSPS) is 22.0. The van der Waals surface area contributed by atoms with Crippen LogP contribution in [0.15, 0.2) is 22.7 Å². The van der Waals surface area contributed by atoms with E-state index in [0.717, 1.165) is 0 Å². The first-order valence-electron chi connectivity index (χ1n) is 6.05. The molecule has 0 radical (unpaired) electrons. The molecule has 6 nitrogen and oxygen atoms in total. The number of nitrogens with two attached hydrogens (primary N) is 1. The Kier molecular flexibility index (Phi) is 4.29. The number of carbonyl (C=O) groups is 2. The molecule has 2 atom stereocenters. The van der Waals surface area contributed by atoms with Crippen LogP contribution < -0.4 is 5.73 Å². The molecule has 2 rings (SSSR count). The monoisotopic (exact) mass is 342 g/mol. The molecule has 1 aromatic carbocycles. The smallest absolute Gasteiger partial charge is 0.326 e. The van der Waals surface area contributed by atoms with Gasteiger partial charge in [-0.3, -0.25) is 4.79 Å². The number of hydrogen-bond donors (Lipinski definition) is 2. The minimum atomic E-state index is -1.03. The molecule has 0 spiro atoms. The molecule has 2 unspecified atom stereocenters. The van der Waals surface area contributed by atoms with E-state index in [-0.39, 0.29) is 18.6 Å². The van der Waals surface area contributed by atoms with Gasteiger partial charge < -0.3 is 20.5 Å². The summed E-state index contributed by atoms with van der Waals surface area (Å²) in [5.74, 6) is -1.38. The summed E-state index contributed by atoms with van der Waals surface area (Å²) in [6.45, 7) is 0.266. The lowest BCUT2D eigenvalue weighted by atomic mass is 10.1. The number of anilines is 1. The Morgan fingerprint density at radius 1 is 1.50 bits per heavy atom. The van der Waals surface area contributed by atoms with Crippen molar-refractivity contribution in [1.29, 1.82) is 0 Å². The molecule has 0 aliphatic carbocycles. The van der Waals surface area contributed by atoms with Gasteiger partial charge in [-0.15, -0.1) is 0 Å². The largest absolute Gasteiger partial charge is 0.480 e. The maximum atomic E-state index is 12.4. The lowest BCUT2D eigenvalue weighted by Crippen LogP contribution is -2.40. The molecule has 0 saturated carbocycles. The van der Waals surface area contributed by atoms with E-state index >= 15 is 0 Å². The molecule has 7 heteroatoms. The molecule has 1 aliphatic heterocycles. The maximum Gasteiger partial charge on any atom is 0.326 e. The predicted molar refractivity (Wildman–Crippen MR) is 76.4 cm³/mol. The number of ether oxygens (including phenoxy) is 1.